The number of nitrogens with two attached hydrogens (primary N) is 1. The maximum atomic E-state index is 13.8. The first kappa shape index (κ1) is 21.9. The molecule has 2 saturated heterocycles. The molecule has 1 spiro atoms. The first-order valence-electron chi connectivity index (χ1n) is 11.2. The van der Waals surface area contributed by atoms with Crippen LogP contribution in [0.3, 0.4) is 0 Å². The molecule has 4 heterocycles. The normalized spacial score (nSPS) is 28.0. The van der Waals surface area contributed by atoms with Crippen molar-refractivity contribution in [1.82, 2.24) is 10.2 Å². The first-order valence-corrected chi connectivity index (χ1v) is 11.6. The summed E-state index contributed by atoms with van der Waals surface area (Å²) in [7, 11) is 0. The van der Waals surface area contributed by atoms with Gasteiger partial charge in [-0.2, -0.15) is 0 Å². The fourth-order valence-corrected chi connectivity index (χ4v) is 5.93. The van der Waals surface area contributed by atoms with E-state index in [4.69, 9.17) is 26.8 Å². The Labute approximate surface area is 204 Å². The average molecular weight is 497 g/mol. The predicted octanol–water partition coefficient (Wildman–Crippen LogP) is 1.25. The number of nitrogens with one attached hydrogen (secondary N) is 2. The van der Waals surface area contributed by atoms with Gasteiger partial charge in [0, 0.05) is 28.7 Å². The number of likely N-dealkylation sites (tertiary alicyclic amines) is 1. The Bertz CT molecular complexity index is 1310. The maximum Gasteiger partial charge on any atom is 0.250 e. The molecular weight excluding hydrogens is 476 g/mol. The molecule has 0 saturated carbocycles. The summed E-state index contributed by atoms with van der Waals surface area (Å²) >= 11 is 6.25. The van der Waals surface area contributed by atoms with Gasteiger partial charge in [0.2, 0.25) is 30.4 Å². The van der Waals surface area contributed by atoms with E-state index in [1.54, 1.807) is 36.4 Å². The van der Waals surface area contributed by atoms with Crippen molar-refractivity contribution >= 4 is 40.9 Å². The molecule has 0 aromatic heterocycles. The monoisotopic (exact) mass is 496 g/mol. The Hall–Kier alpha value is -3.63. The summed E-state index contributed by atoms with van der Waals surface area (Å²) in [4.78, 5) is 53.6. The van der Waals surface area contributed by atoms with Crippen LogP contribution in [-0.4, -0.2) is 41.4 Å². The van der Waals surface area contributed by atoms with Crippen molar-refractivity contribution in [2.24, 2.45) is 17.6 Å². The summed E-state index contributed by atoms with van der Waals surface area (Å²) in [6, 6.07) is 9.55. The van der Waals surface area contributed by atoms with E-state index >= 15 is 0 Å². The summed E-state index contributed by atoms with van der Waals surface area (Å²) in [5.41, 5.74) is 5.60. The van der Waals surface area contributed by atoms with Crippen molar-refractivity contribution in [3.63, 3.8) is 0 Å². The lowest BCUT2D eigenvalue weighted by atomic mass is 9.76. The van der Waals surface area contributed by atoms with Crippen molar-refractivity contribution in [2.75, 3.05) is 12.1 Å². The van der Waals surface area contributed by atoms with E-state index in [1.807, 2.05) is 0 Å². The third-order valence-corrected chi connectivity index (χ3v) is 7.48. The van der Waals surface area contributed by atoms with Crippen LogP contribution in [0.4, 0.5) is 5.69 Å². The van der Waals surface area contributed by atoms with Crippen LogP contribution >= 0.6 is 11.6 Å². The molecule has 6 rings (SSSR count). The highest BCUT2D eigenvalue weighted by Crippen LogP contribution is 2.54. The van der Waals surface area contributed by atoms with Crippen LogP contribution in [0.2, 0.25) is 5.02 Å². The van der Waals surface area contributed by atoms with Crippen LogP contribution in [-0.2, 0) is 31.3 Å². The number of carbonyl (C=O) groups is 4. The van der Waals surface area contributed by atoms with Gasteiger partial charge in [-0.3, -0.25) is 29.4 Å². The zero-order valence-corrected chi connectivity index (χ0v) is 19.1. The molecule has 4 aliphatic rings. The Balaban J connectivity index is 1.40. The zero-order valence-electron chi connectivity index (χ0n) is 18.4. The Kier molecular flexibility index (Phi) is 4.81. The van der Waals surface area contributed by atoms with E-state index in [1.165, 1.54) is 4.90 Å². The molecule has 0 bridgehead atoms. The van der Waals surface area contributed by atoms with Gasteiger partial charge in [0.25, 0.3) is 0 Å². The third-order valence-electron chi connectivity index (χ3n) is 7.25. The molecule has 2 fully saturated rings. The molecule has 4 N–H and O–H groups in total. The lowest BCUT2D eigenvalue weighted by molar-refractivity contribution is -0.143. The number of primary amides is 1. The highest BCUT2D eigenvalue weighted by atomic mass is 35.5. The number of amides is 4. The average Bonchev–Trinajstić information content (AvgIpc) is 3.55. The molecule has 0 radical (unpaired) electrons. The zero-order chi connectivity index (χ0) is 24.5. The maximum absolute atomic E-state index is 13.8. The minimum absolute atomic E-state index is 0.00458. The number of nitrogens with zero attached hydrogens (tertiary/aromatic N) is 1. The molecule has 35 heavy (non-hydrogen) atoms. The van der Waals surface area contributed by atoms with Crippen LogP contribution in [0.1, 0.15) is 24.0 Å². The number of ether oxygens (including phenoxy) is 2. The summed E-state index contributed by atoms with van der Waals surface area (Å²) < 4.78 is 10.7. The van der Waals surface area contributed by atoms with E-state index in [-0.39, 0.29) is 26.2 Å². The Morgan fingerprint density at radius 3 is 2.71 bits per heavy atom. The van der Waals surface area contributed by atoms with E-state index in [0.29, 0.717) is 33.3 Å². The number of fused-ring (bicyclic) bond motifs is 5. The SMILES string of the molecule is NC(=O)CCC1NC2(C(=O)Nc3ccc(Cl)cc32)[C@@H]2C(=O)N(Cc3ccc4c(c3)OCO4)C(=O)[C@H]12. The number of halogens is 1. The molecule has 4 atom stereocenters. The summed E-state index contributed by atoms with van der Waals surface area (Å²) in [6.45, 7) is 0.126. The molecule has 11 heteroatoms. The van der Waals surface area contributed by atoms with Crippen LogP contribution < -0.4 is 25.8 Å². The van der Waals surface area contributed by atoms with Crippen molar-refractivity contribution < 1.29 is 28.7 Å². The number of anilines is 1. The lowest BCUT2D eigenvalue weighted by Crippen LogP contribution is -2.53. The lowest BCUT2D eigenvalue weighted by Gasteiger charge is -2.29. The molecule has 10 nitrogen and oxygen atoms in total. The van der Waals surface area contributed by atoms with Gasteiger partial charge >= 0.3 is 0 Å². The smallest absolute Gasteiger partial charge is 0.250 e. The van der Waals surface area contributed by atoms with Crippen LogP contribution in [0.25, 0.3) is 0 Å². The topological polar surface area (TPSA) is 140 Å². The van der Waals surface area contributed by atoms with Crippen LogP contribution in [0.5, 0.6) is 11.5 Å². The van der Waals surface area contributed by atoms with Crippen molar-refractivity contribution in [3.8, 4) is 11.5 Å². The van der Waals surface area contributed by atoms with E-state index in [2.05, 4.69) is 10.6 Å². The van der Waals surface area contributed by atoms with Gasteiger partial charge in [0.15, 0.2) is 11.5 Å². The molecule has 2 unspecified atom stereocenters. The van der Waals surface area contributed by atoms with E-state index in [0.717, 1.165) is 0 Å². The summed E-state index contributed by atoms with van der Waals surface area (Å²) in [5.74, 6) is -2.54. The van der Waals surface area contributed by atoms with Crippen LogP contribution in [0.15, 0.2) is 36.4 Å². The van der Waals surface area contributed by atoms with Gasteiger partial charge < -0.3 is 20.5 Å². The second-order valence-corrected chi connectivity index (χ2v) is 9.60. The van der Waals surface area contributed by atoms with E-state index < -0.39 is 47.0 Å². The quantitative estimate of drug-likeness (QED) is 0.529. The second-order valence-electron chi connectivity index (χ2n) is 9.16. The number of carbonyl (C=O) groups excluding carboxylic acids is 4. The molecule has 4 aliphatic heterocycles. The fraction of sp³-hybridized carbons (Fsp3) is 0.333. The molecule has 180 valence electrons. The van der Waals surface area contributed by atoms with Gasteiger partial charge in [-0.25, -0.2) is 0 Å². The standard InChI is InChI=1S/C24H21ClN4O6/c25-12-2-3-14-13(8-12)24(23(33)27-14)20-19(15(28-24)4-6-18(26)30)21(31)29(22(20)32)9-11-1-5-16-17(7-11)35-10-34-16/h1-3,5,7-8,15,19-20,28H,4,6,9-10H2,(H2,26,30)(H,27,33)/t15?,19-,20+,24?/m1/s1. The second kappa shape index (κ2) is 7.69. The summed E-state index contributed by atoms with van der Waals surface area (Å²) in [5, 5.41) is 6.47. The van der Waals surface area contributed by atoms with Crippen LogP contribution in [0, 0.1) is 11.8 Å². The molecule has 2 aromatic rings. The van der Waals surface area contributed by atoms with Gasteiger partial charge in [0.05, 0.1) is 18.4 Å². The summed E-state index contributed by atoms with van der Waals surface area (Å²) in [6.07, 6.45) is 0.211. The minimum Gasteiger partial charge on any atom is -0.454 e. The molecule has 0 aliphatic carbocycles. The number of imide groups is 1. The number of hydrogen-bond acceptors (Lipinski definition) is 7. The van der Waals surface area contributed by atoms with Crippen molar-refractivity contribution in [2.45, 2.75) is 31.0 Å². The van der Waals surface area contributed by atoms with Gasteiger partial charge in [-0.1, -0.05) is 17.7 Å². The van der Waals surface area contributed by atoms with E-state index in [9.17, 15) is 19.2 Å². The highest BCUT2D eigenvalue weighted by molar-refractivity contribution is 6.31. The van der Waals surface area contributed by atoms with Crippen molar-refractivity contribution in [3.05, 3.63) is 52.5 Å². The predicted molar refractivity (Wildman–Crippen MR) is 122 cm³/mol. The molecule has 2 aromatic carbocycles. The Morgan fingerprint density at radius 1 is 1.11 bits per heavy atom. The number of rotatable bonds is 5. The number of benzene rings is 2. The van der Waals surface area contributed by atoms with Crippen molar-refractivity contribution in [1.29, 1.82) is 0 Å². The first-order chi connectivity index (χ1) is 16.8. The van der Waals surface area contributed by atoms with Gasteiger partial charge in [-0.05, 0) is 42.3 Å². The third kappa shape index (κ3) is 3.13. The fourth-order valence-electron chi connectivity index (χ4n) is 5.76. The van der Waals surface area contributed by atoms with Gasteiger partial charge in [0.1, 0.15) is 5.54 Å². The molecular formula is C24H21ClN4O6. The largest absolute Gasteiger partial charge is 0.454 e. The number of hydrogen-bond donors (Lipinski definition) is 3. The molecule has 4 amide bonds. The highest BCUT2D eigenvalue weighted by Gasteiger charge is 2.70. The minimum atomic E-state index is -1.48. The van der Waals surface area contributed by atoms with Gasteiger partial charge in [-0.15, -0.1) is 0 Å². The Morgan fingerprint density at radius 2 is 1.91 bits per heavy atom.